The number of anilines is 10. The van der Waals surface area contributed by atoms with Crippen LogP contribution in [0.1, 0.15) is 89.1 Å². The molecule has 0 atom stereocenters. The van der Waals surface area contributed by atoms with E-state index in [1.165, 1.54) is 17.5 Å². The van der Waals surface area contributed by atoms with E-state index < -0.39 is 0 Å². The maximum absolute atomic E-state index is 6.19. The van der Waals surface area contributed by atoms with Gasteiger partial charge in [0.05, 0.1) is 66.2 Å². The first-order valence-corrected chi connectivity index (χ1v) is 35.4. The second kappa shape index (κ2) is 31.6. The highest BCUT2D eigenvalue weighted by molar-refractivity contribution is 7.81. The Hall–Kier alpha value is -8.81. The zero-order chi connectivity index (χ0) is 69.4. The Balaban J connectivity index is 0.000000141. The summed E-state index contributed by atoms with van der Waals surface area (Å²) >= 11 is 22.7. The van der Waals surface area contributed by atoms with E-state index in [1.807, 2.05) is 69.7 Å². The van der Waals surface area contributed by atoms with Gasteiger partial charge in [-0.25, -0.2) is 39.9 Å². The minimum atomic E-state index is 0.225. The minimum Gasteiger partial charge on any atom is -0.474 e. The van der Waals surface area contributed by atoms with E-state index in [4.69, 9.17) is 77.9 Å². The van der Waals surface area contributed by atoms with Gasteiger partial charge in [-0.3, -0.25) is 4.98 Å². The molecule has 3 aromatic carbocycles. The van der Waals surface area contributed by atoms with Gasteiger partial charge in [-0.2, -0.15) is 0 Å². The lowest BCUT2D eigenvalue weighted by atomic mass is 10.0. The van der Waals surface area contributed by atoms with Crippen LogP contribution in [0.5, 0.6) is 5.88 Å². The molecule has 20 nitrogen and oxygen atoms in total. The van der Waals surface area contributed by atoms with E-state index >= 15 is 0 Å². The topological polar surface area (TPSA) is 210 Å². The number of hydrogen-bond acceptors (Lipinski definition) is 20. The fourth-order valence-corrected chi connectivity index (χ4v) is 13.8. The molecule has 11 heterocycles. The lowest BCUT2D eigenvalue weighted by Gasteiger charge is -2.35. The Morgan fingerprint density at radius 1 is 0.515 bits per heavy atom. The van der Waals surface area contributed by atoms with Crippen LogP contribution in [-0.2, 0) is 25.7 Å². The Morgan fingerprint density at radius 2 is 0.960 bits per heavy atom. The van der Waals surface area contributed by atoms with Crippen molar-refractivity contribution in [2.24, 2.45) is 0 Å². The summed E-state index contributed by atoms with van der Waals surface area (Å²) in [6.07, 6.45) is 15.3. The van der Waals surface area contributed by atoms with Gasteiger partial charge in [0, 0.05) is 131 Å². The van der Waals surface area contributed by atoms with Gasteiger partial charge >= 0.3 is 0 Å². The van der Waals surface area contributed by atoms with Gasteiger partial charge in [-0.15, -0.1) is 0 Å². The first-order chi connectivity index (χ1) is 47.7. The van der Waals surface area contributed by atoms with Crippen molar-refractivity contribution in [3.8, 4) is 39.7 Å². The summed E-state index contributed by atoms with van der Waals surface area (Å²) in [6.45, 7) is 15.6. The third-order valence-electron chi connectivity index (χ3n) is 18.4. The number of unbranched alkanes of at least 4 members (excludes halogenated alkanes) is 1. The molecule has 2 fully saturated rings. The SMILES string of the molecule is Cc1ccc2c(c1)NC(=S)Cc1cnc(Nc3ccc(N(C)C4CCN(C)CC4)nc3C)nc1-2.Cc1ccc2c(c1)NC(=S)Cc1cnc(Nc3ccc(OC4CCN(C)CC4)nc3C)nc1-2.Cc1nc(CCCCN(C)C)ccc1Nc1ncc2c(n1)-c1ccc(Cl)cc1NC(=S)C2. The molecule has 6 aromatic heterocycles. The summed E-state index contributed by atoms with van der Waals surface area (Å²) in [4.78, 5) is 54.0. The van der Waals surface area contributed by atoms with Crippen LogP contribution in [0.15, 0.2) is 110 Å². The molecule has 5 aliphatic heterocycles. The van der Waals surface area contributed by atoms with E-state index in [0.717, 1.165) is 199 Å². The molecule has 5 aliphatic rings. The summed E-state index contributed by atoms with van der Waals surface area (Å²) in [5.41, 5.74) is 20.4. The number of aryl methyl sites for hydroxylation is 6. The molecule has 14 rings (SSSR count). The summed E-state index contributed by atoms with van der Waals surface area (Å²) in [5.74, 6) is 3.28. The van der Waals surface area contributed by atoms with Crippen molar-refractivity contribution in [3.63, 3.8) is 0 Å². The molecule has 9 aromatic rings. The van der Waals surface area contributed by atoms with Crippen LogP contribution in [-0.4, -0.2) is 155 Å². The number of benzene rings is 3. The Labute approximate surface area is 602 Å². The van der Waals surface area contributed by atoms with Crippen LogP contribution in [0.4, 0.5) is 57.8 Å². The third-order valence-corrected chi connectivity index (χ3v) is 19.4. The number of nitrogens with one attached hydrogen (secondary N) is 6. The van der Waals surface area contributed by atoms with E-state index in [0.29, 0.717) is 54.1 Å². The summed E-state index contributed by atoms with van der Waals surface area (Å²) < 4.78 is 6.12. The second-order valence-corrected chi connectivity index (χ2v) is 28.5. The average molecular weight is 1400 g/mol. The highest BCUT2D eigenvalue weighted by atomic mass is 35.5. The Bertz CT molecular complexity index is 4480. The molecule has 0 spiro atoms. The van der Waals surface area contributed by atoms with Crippen molar-refractivity contribution in [1.29, 1.82) is 0 Å². The summed E-state index contributed by atoms with van der Waals surface area (Å²) in [5, 5.41) is 20.7. The minimum absolute atomic E-state index is 0.225. The quantitative estimate of drug-likeness (QED) is 0.0416. The molecule has 24 heteroatoms. The lowest BCUT2D eigenvalue weighted by molar-refractivity contribution is 0.110. The molecular formula is C75H86ClN19OS3. The molecule has 6 N–H and O–H groups in total. The molecule has 99 heavy (non-hydrogen) atoms. The van der Waals surface area contributed by atoms with Crippen molar-refractivity contribution < 1.29 is 4.74 Å². The molecule has 0 aliphatic carbocycles. The predicted octanol–water partition coefficient (Wildman–Crippen LogP) is 14.8. The van der Waals surface area contributed by atoms with Crippen LogP contribution < -0.4 is 41.5 Å². The van der Waals surface area contributed by atoms with Gasteiger partial charge in [0.1, 0.15) is 11.9 Å². The maximum atomic E-state index is 6.19. The Morgan fingerprint density at radius 3 is 1.43 bits per heavy atom. The molecule has 0 bridgehead atoms. The lowest BCUT2D eigenvalue weighted by Crippen LogP contribution is -2.42. The van der Waals surface area contributed by atoms with Crippen LogP contribution in [0, 0.1) is 34.6 Å². The fraction of sp³-hybridized carbons (Fsp3) is 0.360. The van der Waals surface area contributed by atoms with E-state index in [1.54, 1.807) is 0 Å². The second-order valence-electron chi connectivity index (χ2n) is 26.6. The molecule has 0 unspecified atom stereocenters. The number of halogens is 1. The van der Waals surface area contributed by atoms with E-state index in [9.17, 15) is 0 Å². The molecular weight excluding hydrogens is 1310 g/mol. The number of fused-ring (bicyclic) bond motifs is 9. The molecule has 0 radical (unpaired) electrons. The number of pyridine rings is 3. The van der Waals surface area contributed by atoms with Gasteiger partial charge in [0.25, 0.3) is 0 Å². The predicted molar refractivity (Wildman–Crippen MR) is 415 cm³/mol. The first-order valence-electron chi connectivity index (χ1n) is 33.8. The molecule has 0 saturated carbocycles. The molecule has 512 valence electrons. The van der Waals surface area contributed by atoms with Gasteiger partial charge < -0.3 is 56.2 Å². The van der Waals surface area contributed by atoms with Crippen LogP contribution in [0.2, 0.25) is 5.02 Å². The smallest absolute Gasteiger partial charge is 0.227 e. The number of rotatable bonds is 15. The van der Waals surface area contributed by atoms with Gasteiger partial charge in [0.15, 0.2) is 0 Å². The number of hydrogen-bond donors (Lipinski definition) is 6. The number of likely N-dealkylation sites (tertiary alicyclic amines) is 2. The number of thiocarbonyl (C=S) groups is 3. The van der Waals surface area contributed by atoms with Crippen LogP contribution >= 0.6 is 48.3 Å². The zero-order valence-electron chi connectivity index (χ0n) is 58.0. The largest absolute Gasteiger partial charge is 0.474 e. The van der Waals surface area contributed by atoms with E-state index in [-0.39, 0.29) is 6.10 Å². The highest BCUT2D eigenvalue weighted by Gasteiger charge is 2.26. The highest BCUT2D eigenvalue weighted by Crippen LogP contribution is 2.39. The van der Waals surface area contributed by atoms with Gasteiger partial charge in [0.2, 0.25) is 23.7 Å². The molecule has 0 amide bonds. The third kappa shape index (κ3) is 17.8. The standard InChI is InChI=1S/C26H31N7S.C25H28N6OS.C24H27ClN6S/c1-16-5-6-20-22(13-16)29-24(34)14-18-15-27-26(31-25(18)20)30-21-7-8-23(28-17(21)2)33(4)19-9-11-32(3)12-10-19;1-15-4-5-19-21(12-15)28-23(33)13-17-14-26-25(30-24(17)19)29-20-6-7-22(27-16(20)2)32-18-8-10-31(3)11-9-18;1-15-20(10-8-18(27-15)6-4-5-11-31(2)3)29-24-26-14-16-12-22(32)28-21-13-17(25)7-9-19(21)23(16)30-24/h5-8,13,15,19H,9-12,14H2,1-4H3,(H,29,34)(H,27,30,31);4-7,12,14,18H,8-11,13H2,1-3H3,(H,28,33)(H,26,29,30);7-10,13-14H,4-6,11-12H2,1-3H3,(H,28,32)(H,26,29,30). The normalized spacial score (nSPS) is 15.2. The number of nitrogens with zero attached hydrogens (tertiary/aromatic N) is 13. The number of aromatic nitrogens is 9. The Kier molecular flexibility index (Phi) is 22.4. The summed E-state index contributed by atoms with van der Waals surface area (Å²) in [6, 6.07) is 31.0. The number of ether oxygens (including phenoxy) is 1. The van der Waals surface area contributed by atoms with Crippen molar-refractivity contribution in [3.05, 3.63) is 165 Å². The fourth-order valence-electron chi connectivity index (χ4n) is 12.8. The van der Waals surface area contributed by atoms with Crippen molar-refractivity contribution >= 4 is 121 Å². The zero-order valence-corrected chi connectivity index (χ0v) is 61.2. The van der Waals surface area contributed by atoms with E-state index in [2.05, 4.69) is 181 Å². The van der Waals surface area contributed by atoms with Crippen LogP contribution in [0.3, 0.4) is 0 Å². The van der Waals surface area contributed by atoms with Crippen molar-refractivity contribution in [2.45, 2.75) is 111 Å². The number of piperidine rings is 2. The van der Waals surface area contributed by atoms with Gasteiger partial charge in [-0.1, -0.05) is 72.5 Å². The average Bonchev–Trinajstić information content (AvgIpc) is 1.75. The molecule has 2 saturated heterocycles. The van der Waals surface area contributed by atoms with Crippen LogP contribution in [0.25, 0.3) is 33.8 Å². The summed E-state index contributed by atoms with van der Waals surface area (Å²) in [7, 11) is 10.7. The first kappa shape index (κ1) is 70.1. The van der Waals surface area contributed by atoms with Crippen molar-refractivity contribution in [2.75, 3.05) is 105 Å². The van der Waals surface area contributed by atoms with Gasteiger partial charge in [-0.05, 0) is 199 Å². The maximum Gasteiger partial charge on any atom is 0.227 e. The van der Waals surface area contributed by atoms with Crippen molar-refractivity contribution in [1.82, 2.24) is 59.6 Å². The monoisotopic (exact) mass is 1400 g/mol.